The van der Waals surface area contributed by atoms with Gasteiger partial charge in [-0.15, -0.1) is 0 Å². The zero-order valence-electron chi connectivity index (χ0n) is 33.0. The first-order valence-electron chi connectivity index (χ1n) is 20.2. The average Bonchev–Trinajstić information content (AvgIpc) is 3.10. The number of hydrogen-bond acceptors (Lipinski definition) is 4. The van der Waals surface area contributed by atoms with Gasteiger partial charge in [0.05, 0.1) is 0 Å². The molecule has 0 bridgehead atoms. The number of alkyl halides is 6. The number of hydrogen-bond donors (Lipinski definition) is 4. The van der Waals surface area contributed by atoms with Gasteiger partial charge in [0, 0.05) is 24.0 Å². The summed E-state index contributed by atoms with van der Waals surface area (Å²) in [5, 5.41) is 36.2. The number of para-hydroxylation sites is 2. The molecule has 0 amide bonds. The molecule has 0 aliphatic carbocycles. The van der Waals surface area contributed by atoms with Crippen LogP contribution in [0.2, 0.25) is 0 Å². The molecule has 0 saturated heterocycles. The van der Waals surface area contributed by atoms with Crippen molar-refractivity contribution in [3.63, 3.8) is 0 Å². The van der Waals surface area contributed by atoms with Crippen molar-refractivity contribution in [2.75, 3.05) is 0 Å². The van der Waals surface area contributed by atoms with Crippen LogP contribution < -0.4 is 0 Å². The van der Waals surface area contributed by atoms with Crippen LogP contribution in [0.1, 0.15) is 179 Å². The molecule has 0 saturated carbocycles. The third kappa shape index (κ3) is 21.4. The Labute approximate surface area is 324 Å². The van der Waals surface area contributed by atoms with Gasteiger partial charge in [-0.05, 0) is 25.0 Å². The van der Waals surface area contributed by atoms with Crippen LogP contribution in [0, 0.1) is 0 Å². The van der Waals surface area contributed by atoms with E-state index < -0.39 is 52.3 Å². The van der Waals surface area contributed by atoms with Crippen molar-refractivity contribution in [3.05, 3.63) is 59.7 Å². The largest absolute Gasteiger partial charge is 0.508 e. The first-order valence-corrected chi connectivity index (χ1v) is 20.2. The molecule has 2 aromatic carbocycles. The van der Waals surface area contributed by atoms with Crippen molar-refractivity contribution in [1.82, 2.24) is 0 Å². The quantitative estimate of drug-likeness (QED) is 0.0557. The summed E-state index contributed by atoms with van der Waals surface area (Å²) in [6.07, 6.45) is 17.0. The molecule has 0 aliphatic heterocycles. The fraction of sp³-hybridized carbons (Fsp3) is 0.674. The van der Waals surface area contributed by atoms with Crippen molar-refractivity contribution >= 4 is 11.9 Å². The molecular weight excluding hydrogens is 726 g/mol. The van der Waals surface area contributed by atoms with E-state index in [1.165, 1.54) is 116 Å². The fourth-order valence-corrected chi connectivity index (χ4v) is 6.38. The number of aromatic hydroxyl groups is 2. The monoisotopic (exact) mass is 792 g/mol. The molecule has 316 valence electrons. The number of unbranched alkanes of at least 4 members (excludes halogenated alkanes) is 20. The maximum Gasteiger partial charge on any atom is 0.411 e. The standard InChI is InChI=1S/C15H10F6O2.2C14H28O2/c16-14(17,18)13(15(19,20)21,9-5-1-3-7-11(9)22)10-6-2-4-8-12(10)23;2*1-2-3-4-5-6-7-8-9-10-11-12-13-14(15)16/h1-8,22-23H;2*2-13H2,1H3,(H,15,16). The molecule has 4 N–H and O–H groups in total. The third-order valence-electron chi connectivity index (χ3n) is 9.45. The van der Waals surface area contributed by atoms with Gasteiger partial charge >= 0.3 is 24.3 Å². The van der Waals surface area contributed by atoms with Crippen LogP contribution in [0.4, 0.5) is 26.3 Å². The molecule has 6 nitrogen and oxygen atoms in total. The van der Waals surface area contributed by atoms with E-state index in [9.17, 15) is 46.1 Å². The SMILES string of the molecule is CCCCCCCCCCCCCC(=O)O.CCCCCCCCCCCCCC(=O)O.Oc1ccccc1C(c1ccccc1O)(C(F)(F)F)C(F)(F)F. The number of phenolic OH excluding ortho intramolecular Hbond substituents is 2. The number of halogens is 6. The third-order valence-corrected chi connectivity index (χ3v) is 9.45. The Morgan fingerprint density at radius 2 is 0.673 bits per heavy atom. The molecule has 2 aromatic rings. The van der Waals surface area contributed by atoms with Crippen LogP contribution in [0.5, 0.6) is 11.5 Å². The van der Waals surface area contributed by atoms with Crippen LogP contribution in [-0.2, 0) is 15.0 Å². The summed E-state index contributed by atoms with van der Waals surface area (Å²) < 4.78 is 82.0. The van der Waals surface area contributed by atoms with Crippen molar-refractivity contribution in [1.29, 1.82) is 0 Å². The van der Waals surface area contributed by atoms with Gasteiger partial charge in [0.2, 0.25) is 5.41 Å². The second-order valence-electron chi connectivity index (χ2n) is 14.1. The Morgan fingerprint density at radius 3 is 0.891 bits per heavy atom. The molecule has 0 unspecified atom stereocenters. The number of aliphatic carboxylic acids is 2. The Bertz CT molecular complexity index is 1180. The van der Waals surface area contributed by atoms with Crippen molar-refractivity contribution in [3.8, 4) is 11.5 Å². The number of benzene rings is 2. The van der Waals surface area contributed by atoms with Gasteiger partial charge in [0.25, 0.3) is 0 Å². The zero-order chi connectivity index (χ0) is 41.6. The second kappa shape index (κ2) is 29.8. The van der Waals surface area contributed by atoms with E-state index in [2.05, 4.69) is 13.8 Å². The summed E-state index contributed by atoms with van der Waals surface area (Å²) in [6, 6.07) is 6.60. The molecule has 0 aliphatic rings. The first-order chi connectivity index (χ1) is 26.1. The Balaban J connectivity index is 0.000000820. The van der Waals surface area contributed by atoms with Gasteiger partial charge in [0.1, 0.15) is 11.5 Å². The minimum absolute atomic E-state index is 0.344. The lowest BCUT2D eigenvalue weighted by molar-refractivity contribution is -0.289. The highest BCUT2D eigenvalue weighted by Gasteiger charge is 2.74. The Kier molecular flexibility index (Phi) is 27.9. The maximum absolute atomic E-state index is 13.7. The summed E-state index contributed by atoms with van der Waals surface area (Å²) in [6.45, 7) is 4.49. The van der Waals surface area contributed by atoms with Gasteiger partial charge < -0.3 is 20.4 Å². The van der Waals surface area contributed by atoms with Crippen LogP contribution in [0.25, 0.3) is 0 Å². The maximum atomic E-state index is 13.7. The van der Waals surface area contributed by atoms with Crippen LogP contribution in [0.3, 0.4) is 0 Å². The number of phenols is 2. The van der Waals surface area contributed by atoms with E-state index in [-0.39, 0.29) is 0 Å². The van der Waals surface area contributed by atoms with Crippen molar-refractivity contribution in [2.45, 2.75) is 186 Å². The topological polar surface area (TPSA) is 115 Å². The van der Waals surface area contributed by atoms with Crippen molar-refractivity contribution < 1.29 is 56.4 Å². The van der Waals surface area contributed by atoms with E-state index in [1.807, 2.05) is 0 Å². The number of carbonyl (C=O) groups is 2. The molecule has 0 aromatic heterocycles. The normalized spacial score (nSPS) is 11.6. The lowest BCUT2D eigenvalue weighted by atomic mass is 9.72. The van der Waals surface area contributed by atoms with Gasteiger partial charge in [-0.25, -0.2) is 0 Å². The highest BCUT2D eigenvalue weighted by atomic mass is 19.4. The fourth-order valence-electron chi connectivity index (χ4n) is 6.38. The lowest BCUT2D eigenvalue weighted by Crippen LogP contribution is -2.54. The smallest absolute Gasteiger partial charge is 0.411 e. The van der Waals surface area contributed by atoms with Crippen LogP contribution in [0.15, 0.2) is 48.5 Å². The highest BCUT2D eigenvalue weighted by molar-refractivity contribution is 5.66. The molecule has 0 radical (unpaired) electrons. The second-order valence-corrected chi connectivity index (χ2v) is 14.1. The van der Waals surface area contributed by atoms with Gasteiger partial charge in [-0.2, -0.15) is 26.3 Å². The summed E-state index contributed by atoms with van der Waals surface area (Å²) in [5.41, 5.74) is -7.36. The van der Waals surface area contributed by atoms with Crippen molar-refractivity contribution in [2.24, 2.45) is 0 Å². The van der Waals surface area contributed by atoms with E-state index in [1.54, 1.807) is 0 Å². The molecule has 0 spiro atoms. The van der Waals surface area contributed by atoms with E-state index in [0.29, 0.717) is 25.0 Å². The zero-order valence-corrected chi connectivity index (χ0v) is 33.0. The molecule has 12 heteroatoms. The summed E-state index contributed by atoms with van der Waals surface area (Å²) in [5.74, 6) is -3.66. The van der Waals surface area contributed by atoms with Gasteiger partial charge in [-0.3, -0.25) is 9.59 Å². The predicted molar refractivity (Wildman–Crippen MR) is 207 cm³/mol. The highest BCUT2D eigenvalue weighted by Crippen LogP contribution is 2.59. The van der Waals surface area contributed by atoms with Crippen LogP contribution in [-0.4, -0.2) is 44.7 Å². The summed E-state index contributed by atoms with van der Waals surface area (Å²) in [4.78, 5) is 20.5. The molecule has 0 atom stereocenters. The first kappa shape index (κ1) is 51.6. The van der Waals surface area contributed by atoms with E-state index >= 15 is 0 Å². The molecular formula is C43H66F6O6. The van der Waals surface area contributed by atoms with E-state index in [4.69, 9.17) is 10.2 Å². The molecule has 55 heavy (non-hydrogen) atoms. The summed E-state index contributed by atoms with van der Waals surface area (Å²) in [7, 11) is 0. The predicted octanol–water partition coefficient (Wildman–Crippen LogP) is 14.1. The summed E-state index contributed by atoms with van der Waals surface area (Å²) >= 11 is 0. The van der Waals surface area contributed by atoms with Gasteiger partial charge in [-0.1, -0.05) is 179 Å². The number of rotatable bonds is 26. The minimum Gasteiger partial charge on any atom is -0.508 e. The molecule has 0 heterocycles. The molecule has 2 rings (SSSR count). The minimum atomic E-state index is -5.86. The number of carboxylic acid groups (broad SMARTS) is 2. The Morgan fingerprint density at radius 1 is 0.436 bits per heavy atom. The Hall–Kier alpha value is -3.44. The molecule has 0 fully saturated rings. The lowest BCUT2D eigenvalue weighted by Gasteiger charge is -2.38. The van der Waals surface area contributed by atoms with Crippen LogP contribution >= 0.6 is 0 Å². The van der Waals surface area contributed by atoms with E-state index in [0.717, 1.165) is 62.1 Å². The van der Waals surface area contributed by atoms with Gasteiger partial charge in [0.15, 0.2) is 0 Å². The number of carboxylic acids is 2. The average molecular weight is 793 g/mol.